The van der Waals surface area contributed by atoms with E-state index in [0.29, 0.717) is 0 Å². The highest BCUT2D eigenvalue weighted by molar-refractivity contribution is 5.33. The largest absolute Gasteiger partial charge is 0.297 e. The minimum absolute atomic E-state index is 0.240. The SMILES string of the molecule is C#CC(C)(C)NCc1cccc(C)c1C. The number of benzene rings is 1. The molecule has 0 saturated heterocycles. The van der Waals surface area contributed by atoms with Gasteiger partial charge >= 0.3 is 0 Å². The Bertz CT molecular complexity index is 383. The van der Waals surface area contributed by atoms with Crippen molar-refractivity contribution < 1.29 is 0 Å². The van der Waals surface area contributed by atoms with Crippen molar-refractivity contribution >= 4 is 0 Å². The predicted molar refractivity (Wildman–Crippen MR) is 65.7 cm³/mol. The quantitative estimate of drug-likeness (QED) is 0.741. The third kappa shape index (κ3) is 3.11. The fourth-order valence-electron chi connectivity index (χ4n) is 1.37. The molecule has 0 heterocycles. The highest BCUT2D eigenvalue weighted by atomic mass is 14.9. The topological polar surface area (TPSA) is 12.0 Å². The maximum absolute atomic E-state index is 5.43. The zero-order valence-corrected chi connectivity index (χ0v) is 10.0. The first-order valence-corrected chi connectivity index (χ1v) is 5.24. The molecule has 0 fully saturated rings. The third-order valence-electron chi connectivity index (χ3n) is 2.80. The lowest BCUT2D eigenvalue weighted by molar-refractivity contribution is 0.490. The summed E-state index contributed by atoms with van der Waals surface area (Å²) < 4.78 is 0. The van der Waals surface area contributed by atoms with E-state index in [4.69, 9.17) is 6.42 Å². The molecular formula is C14H19N. The molecule has 1 N–H and O–H groups in total. The Morgan fingerprint density at radius 2 is 2.00 bits per heavy atom. The fraction of sp³-hybridized carbons (Fsp3) is 0.429. The molecule has 0 aromatic heterocycles. The Morgan fingerprint density at radius 1 is 1.33 bits per heavy atom. The molecule has 0 radical (unpaired) electrons. The molecule has 0 aliphatic heterocycles. The molecule has 0 spiro atoms. The van der Waals surface area contributed by atoms with Gasteiger partial charge < -0.3 is 0 Å². The minimum Gasteiger partial charge on any atom is -0.297 e. The van der Waals surface area contributed by atoms with Gasteiger partial charge in [0.1, 0.15) is 0 Å². The van der Waals surface area contributed by atoms with Crippen LogP contribution in [0.25, 0.3) is 0 Å². The van der Waals surface area contributed by atoms with Crippen LogP contribution in [0.4, 0.5) is 0 Å². The van der Waals surface area contributed by atoms with Gasteiger partial charge in [0.15, 0.2) is 0 Å². The van der Waals surface area contributed by atoms with E-state index in [1.807, 2.05) is 13.8 Å². The Kier molecular flexibility index (Phi) is 3.55. The van der Waals surface area contributed by atoms with Crippen LogP contribution in [0.1, 0.15) is 30.5 Å². The molecule has 0 atom stereocenters. The van der Waals surface area contributed by atoms with Crippen LogP contribution in [-0.2, 0) is 6.54 Å². The van der Waals surface area contributed by atoms with Crippen LogP contribution in [0.15, 0.2) is 18.2 Å². The van der Waals surface area contributed by atoms with Crippen molar-refractivity contribution in [3.8, 4) is 12.3 Å². The summed E-state index contributed by atoms with van der Waals surface area (Å²) in [7, 11) is 0. The van der Waals surface area contributed by atoms with Crippen LogP contribution >= 0.6 is 0 Å². The molecule has 1 rings (SSSR count). The minimum atomic E-state index is -0.240. The van der Waals surface area contributed by atoms with Crippen LogP contribution < -0.4 is 5.32 Å². The molecule has 0 bridgehead atoms. The van der Waals surface area contributed by atoms with E-state index < -0.39 is 0 Å². The Morgan fingerprint density at radius 3 is 2.60 bits per heavy atom. The van der Waals surface area contributed by atoms with Gasteiger partial charge in [-0.15, -0.1) is 6.42 Å². The molecule has 15 heavy (non-hydrogen) atoms. The second-order valence-electron chi connectivity index (χ2n) is 4.48. The van der Waals surface area contributed by atoms with Crippen molar-refractivity contribution in [3.63, 3.8) is 0 Å². The van der Waals surface area contributed by atoms with Crippen molar-refractivity contribution in [2.75, 3.05) is 0 Å². The predicted octanol–water partition coefficient (Wildman–Crippen LogP) is 2.80. The summed E-state index contributed by atoms with van der Waals surface area (Å²) in [6.07, 6.45) is 5.43. The Hall–Kier alpha value is -1.26. The first-order valence-electron chi connectivity index (χ1n) is 5.24. The van der Waals surface area contributed by atoms with Gasteiger partial charge in [-0.1, -0.05) is 24.1 Å². The molecule has 80 valence electrons. The summed E-state index contributed by atoms with van der Waals surface area (Å²) in [4.78, 5) is 0. The van der Waals surface area contributed by atoms with Gasteiger partial charge in [0.2, 0.25) is 0 Å². The van der Waals surface area contributed by atoms with E-state index in [-0.39, 0.29) is 5.54 Å². The second-order valence-corrected chi connectivity index (χ2v) is 4.48. The van der Waals surface area contributed by atoms with Gasteiger partial charge in [0.05, 0.1) is 5.54 Å². The van der Waals surface area contributed by atoms with Crippen LogP contribution in [0.3, 0.4) is 0 Å². The number of rotatable bonds is 3. The lowest BCUT2D eigenvalue weighted by Crippen LogP contribution is -2.37. The molecule has 0 saturated carbocycles. The van der Waals surface area contributed by atoms with Crippen molar-refractivity contribution in [2.45, 2.75) is 39.8 Å². The summed E-state index contributed by atoms with van der Waals surface area (Å²) in [6, 6.07) is 6.36. The summed E-state index contributed by atoms with van der Waals surface area (Å²) in [5.41, 5.74) is 3.75. The van der Waals surface area contributed by atoms with Gasteiger partial charge in [0, 0.05) is 6.54 Å². The zero-order valence-electron chi connectivity index (χ0n) is 10.0. The molecular weight excluding hydrogens is 182 g/mol. The highest BCUT2D eigenvalue weighted by Crippen LogP contribution is 2.13. The van der Waals surface area contributed by atoms with Gasteiger partial charge in [-0.25, -0.2) is 0 Å². The lowest BCUT2D eigenvalue weighted by atomic mass is 10.0. The normalized spacial score (nSPS) is 11.1. The summed E-state index contributed by atoms with van der Waals surface area (Å²) in [5, 5.41) is 3.36. The maximum atomic E-state index is 5.43. The molecule has 1 nitrogen and oxygen atoms in total. The van der Waals surface area contributed by atoms with Crippen molar-refractivity contribution in [2.24, 2.45) is 0 Å². The third-order valence-corrected chi connectivity index (χ3v) is 2.80. The average molecular weight is 201 g/mol. The van der Waals surface area contributed by atoms with Crippen LogP contribution in [0.5, 0.6) is 0 Å². The van der Waals surface area contributed by atoms with Crippen molar-refractivity contribution in [3.05, 3.63) is 34.9 Å². The van der Waals surface area contributed by atoms with E-state index >= 15 is 0 Å². The molecule has 1 heteroatoms. The highest BCUT2D eigenvalue weighted by Gasteiger charge is 2.12. The fourth-order valence-corrected chi connectivity index (χ4v) is 1.37. The monoisotopic (exact) mass is 201 g/mol. The lowest BCUT2D eigenvalue weighted by Gasteiger charge is -2.20. The van der Waals surface area contributed by atoms with Gasteiger partial charge in [-0.3, -0.25) is 5.32 Å². The smallest absolute Gasteiger partial charge is 0.0743 e. The molecule has 0 unspecified atom stereocenters. The van der Waals surface area contributed by atoms with E-state index in [9.17, 15) is 0 Å². The number of terminal acetylenes is 1. The van der Waals surface area contributed by atoms with E-state index in [2.05, 4.69) is 43.3 Å². The van der Waals surface area contributed by atoms with Crippen LogP contribution in [0.2, 0.25) is 0 Å². The van der Waals surface area contributed by atoms with Crippen molar-refractivity contribution in [1.82, 2.24) is 5.32 Å². The van der Waals surface area contributed by atoms with E-state index in [1.165, 1.54) is 16.7 Å². The zero-order chi connectivity index (χ0) is 11.5. The Balaban J connectivity index is 2.75. The first-order chi connectivity index (χ1) is 6.96. The van der Waals surface area contributed by atoms with Gasteiger partial charge in [-0.05, 0) is 44.4 Å². The molecule has 0 aliphatic carbocycles. The molecule has 1 aromatic carbocycles. The standard InChI is InChI=1S/C14H19N/c1-6-14(4,5)15-10-13-9-7-8-11(2)12(13)3/h1,7-9,15H,10H2,2-5H3. The summed E-state index contributed by atoms with van der Waals surface area (Å²) in [5.74, 6) is 2.73. The van der Waals surface area contributed by atoms with Crippen LogP contribution in [-0.4, -0.2) is 5.54 Å². The van der Waals surface area contributed by atoms with Gasteiger partial charge in [0.25, 0.3) is 0 Å². The number of hydrogen-bond donors (Lipinski definition) is 1. The number of hydrogen-bond acceptors (Lipinski definition) is 1. The molecule has 1 aromatic rings. The van der Waals surface area contributed by atoms with Crippen molar-refractivity contribution in [1.29, 1.82) is 0 Å². The average Bonchev–Trinajstić information content (AvgIpc) is 2.20. The Labute approximate surface area is 92.9 Å². The molecule has 0 amide bonds. The maximum Gasteiger partial charge on any atom is 0.0743 e. The number of aryl methyl sites for hydroxylation is 1. The van der Waals surface area contributed by atoms with E-state index in [1.54, 1.807) is 0 Å². The summed E-state index contributed by atoms with van der Waals surface area (Å²) >= 11 is 0. The first kappa shape index (κ1) is 11.8. The summed E-state index contributed by atoms with van der Waals surface area (Å²) in [6.45, 7) is 9.13. The van der Waals surface area contributed by atoms with Crippen LogP contribution in [0, 0.1) is 26.2 Å². The molecule has 0 aliphatic rings. The van der Waals surface area contributed by atoms with E-state index in [0.717, 1.165) is 6.54 Å². The second kappa shape index (κ2) is 4.51. The van der Waals surface area contributed by atoms with Gasteiger partial charge in [-0.2, -0.15) is 0 Å². The number of nitrogens with one attached hydrogen (secondary N) is 1.